The van der Waals surface area contributed by atoms with Crippen LogP contribution in [0.2, 0.25) is 0 Å². The van der Waals surface area contributed by atoms with E-state index in [0.29, 0.717) is 18.5 Å². The largest absolute Gasteiger partial charge is 0.368 e. The molecule has 0 unspecified atom stereocenters. The van der Waals surface area contributed by atoms with Gasteiger partial charge in [0.1, 0.15) is 11.7 Å². The Hall–Kier alpha value is -1.88. The first-order valence-corrected chi connectivity index (χ1v) is 5.62. The Morgan fingerprint density at radius 1 is 1.41 bits per heavy atom. The summed E-state index contributed by atoms with van der Waals surface area (Å²) in [6.07, 6.45) is 1.48. The van der Waals surface area contributed by atoms with E-state index in [4.69, 9.17) is 5.73 Å². The molecular weight excluding hydrogens is 218 g/mol. The predicted octanol–water partition coefficient (Wildman–Crippen LogP) is -0.350. The smallest absolute Gasteiger partial charge is 0.254 e. The van der Waals surface area contributed by atoms with Crippen molar-refractivity contribution in [1.29, 1.82) is 0 Å². The summed E-state index contributed by atoms with van der Waals surface area (Å²) < 4.78 is 0. The van der Waals surface area contributed by atoms with Gasteiger partial charge in [0.25, 0.3) is 5.91 Å². The van der Waals surface area contributed by atoms with E-state index in [9.17, 15) is 9.59 Å². The minimum Gasteiger partial charge on any atom is -0.368 e. The molecule has 17 heavy (non-hydrogen) atoms. The van der Waals surface area contributed by atoms with E-state index in [1.165, 1.54) is 0 Å². The zero-order valence-electron chi connectivity index (χ0n) is 9.56. The fraction of sp³-hybridized carbons (Fsp3) is 0.333. The van der Waals surface area contributed by atoms with Crippen molar-refractivity contribution in [2.45, 2.75) is 18.9 Å². The lowest BCUT2D eigenvalue weighted by Crippen LogP contribution is -2.44. The molecule has 2 amide bonds. The van der Waals surface area contributed by atoms with Crippen LogP contribution in [0.25, 0.3) is 0 Å². The Labute approximate surface area is 99.4 Å². The first-order valence-electron chi connectivity index (χ1n) is 5.62. The quantitative estimate of drug-likeness (QED) is 0.732. The summed E-state index contributed by atoms with van der Waals surface area (Å²) in [5.41, 5.74) is 10.4. The molecule has 5 N–H and O–H groups in total. The Bertz CT molecular complexity index is 459. The summed E-state index contributed by atoms with van der Waals surface area (Å²) in [6.45, 7) is 0.591. The highest BCUT2D eigenvalue weighted by Gasteiger charge is 2.33. The van der Waals surface area contributed by atoms with Gasteiger partial charge in [-0.25, -0.2) is 0 Å². The summed E-state index contributed by atoms with van der Waals surface area (Å²) in [4.78, 5) is 25.0. The highest BCUT2D eigenvalue weighted by molar-refractivity contribution is 5.98. The SMILES string of the molecule is NC(=O)[C@H]1CCCN1C(=O)c1cccc([NH3+])c1. The van der Waals surface area contributed by atoms with Gasteiger partial charge < -0.3 is 16.4 Å². The van der Waals surface area contributed by atoms with Crippen LogP contribution in [0.4, 0.5) is 5.69 Å². The van der Waals surface area contributed by atoms with Crippen molar-refractivity contribution in [1.82, 2.24) is 4.90 Å². The molecule has 1 aromatic carbocycles. The summed E-state index contributed by atoms with van der Waals surface area (Å²) in [7, 11) is 0. The van der Waals surface area contributed by atoms with E-state index in [-0.39, 0.29) is 5.91 Å². The molecule has 0 radical (unpaired) electrons. The van der Waals surface area contributed by atoms with Crippen LogP contribution in [-0.4, -0.2) is 29.3 Å². The lowest BCUT2D eigenvalue weighted by Gasteiger charge is -2.22. The molecule has 5 nitrogen and oxygen atoms in total. The summed E-state index contributed by atoms with van der Waals surface area (Å²) in [6, 6.07) is 6.60. The first-order chi connectivity index (χ1) is 8.09. The number of benzene rings is 1. The molecule has 1 atom stereocenters. The van der Waals surface area contributed by atoms with Crippen molar-refractivity contribution in [2.24, 2.45) is 5.73 Å². The van der Waals surface area contributed by atoms with Crippen molar-refractivity contribution in [2.75, 3.05) is 6.54 Å². The molecule has 1 saturated heterocycles. The molecule has 2 rings (SSSR count). The lowest BCUT2D eigenvalue weighted by molar-refractivity contribution is -0.254. The Kier molecular flexibility index (Phi) is 3.10. The molecule has 0 aliphatic carbocycles. The number of likely N-dealkylation sites (tertiary alicyclic amines) is 1. The lowest BCUT2D eigenvalue weighted by atomic mass is 10.1. The topological polar surface area (TPSA) is 91.0 Å². The molecule has 5 heteroatoms. The molecule has 1 fully saturated rings. The zero-order chi connectivity index (χ0) is 12.4. The third-order valence-electron chi connectivity index (χ3n) is 3.02. The number of rotatable bonds is 2. The number of nitrogens with two attached hydrogens (primary N) is 1. The van der Waals surface area contributed by atoms with E-state index < -0.39 is 11.9 Å². The van der Waals surface area contributed by atoms with Crippen molar-refractivity contribution in [3.63, 3.8) is 0 Å². The van der Waals surface area contributed by atoms with Gasteiger partial charge in [-0.2, -0.15) is 0 Å². The van der Waals surface area contributed by atoms with Crippen LogP contribution in [-0.2, 0) is 4.79 Å². The van der Waals surface area contributed by atoms with Gasteiger partial charge in [-0.15, -0.1) is 0 Å². The molecule has 0 saturated carbocycles. The van der Waals surface area contributed by atoms with Gasteiger partial charge in [-0.1, -0.05) is 6.07 Å². The van der Waals surface area contributed by atoms with Gasteiger partial charge in [0.15, 0.2) is 0 Å². The van der Waals surface area contributed by atoms with Gasteiger partial charge in [0.2, 0.25) is 5.91 Å². The monoisotopic (exact) mass is 234 g/mol. The second-order valence-electron chi connectivity index (χ2n) is 4.26. The van der Waals surface area contributed by atoms with Crippen LogP contribution < -0.4 is 11.5 Å². The van der Waals surface area contributed by atoms with Crippen LogP contribution in [0.5, 0.6) is 0 Å². The van der Waals surface area contributed by atoms with Crippen LogP contribution in [0.1, 0.15) is 23.2 Å². The number of nitrogens with zero attached hydrogens (tertiary/aromatic N) is 1. The number of hydrogen-bond donors (Lipinski definition) is 2. The normalized spacial score (nSPS) is 19.4. The van der Waals surface area contributed by atoms with Crippen molar-refractivity contribution >= 4 is 17.5 Å². The number of primary amides is 1. The molecule has 1 aromatic rings. The Morgan fingerprint density at radius 3 is 2.82 bits per heavy atom. The average molecular weight is 234 g/mol. The number of carbonyl (C=O) groups is 2. The molecular formula is C12H16N3O2+. The van der Waals surface area contributed by atoms with E-state index in [2.05, 4.69) is 5.73 Å². The van der Waals surface area contributed by atoms with Crippen LogP contribution in [0, 0.1) is 0 Å². The maximum atomic E-state index is 12.2. The maximum Gasteiger partial charge on any atom is 0.254 e. The van der Waals surface area contributed by atoms with Gasteiger partial charge in [-0.05, 0) is 25.0 Å². The third kappa shape index (κ3) is 2.29. The van der Waals surface area contributed by atoms with Crippen LogP contribution >= 0.6 is 0 Å². The van der Waals surface area contributed by atoms with Crippen molar-refractivity contribution in [3.8, 4) is 0 Å². The summed E-state index contributed by atoms with van der Waals surface area (Å²) in [5.74, 6) is -0.571. The number of carbonyl (C=O) groups excluding carboxylic acids is 2. The molecule has 0 bridgehead atoms. The Morgan fingerprint density at radius 2 is 2.18 bits per heavy atom. The minimum atomic E-state index is -0.462. The number of amides is 2. The van der Waals surface area contributed by atoms with Gasteiger partial charge >= 0.3 is 0 Å². The fourth-order valence-electron chi connectivity index (χ4n) is 2.18. The first kappa shape index (κ1) is 11.6. The third-order valence-corrected chi connectivity index (χ3v) is 3.02. The predicted molar refractivity (Wildman–Crippen MR) is 62.2 cm³/mol. The maximum absolute atomic E-state index is 12.2. The number of quaternary nitrogens is 1. The zero-order valence-corrected chi connectivity index (χ0v) is 9.56. The molecule has 1 heterocycles. The van der Waals surface area contributed by atoms with Gasteiger partial charge in [-0.3, -0.25) is 9.59 Å². The van der Waals surface area contributed by atoms with E-state index in [1.807, 2.05) is 6.07 Å². The van der Waals surface area contributed by atoms with Crippen molar-refractivity contribution in [3.05, 3.63) is 29.8 Å². The van der Waals surface area contributed by atoms with Crippen molar-refractivity contribution < 1.29 is 15.3 Å². The summed E-state index contributed by atoms with van der Waals surface area (Å²) >= 11 is 0. The number of hydrogen-bond acceptors (Lipinski definition) is 2. The minimum absolute atomic E-state index is 0.142. The molecule has 0 aromatic heterocycles. The summed E-state index contributed by atoms with van der Waals surface area (Å²) in [5, 5.41) is 0. The molecule has 0 spiro atoms. The molecule has 1 aliphatic heterocycles. The molecule has 1 aliphatic rings. The second kappa shape index (κ2) is 4.55. The van der Waals surface area contributed by atoms with Crippen LogP contribution in [0.3, 0.4) is 0 Å². The van der Waals surface area contributed by atoms with Gasteiger partial charge in [0, 0.05) is 18.2 Å². The molecule has 90 valence electrons. The van der Waals surface area contributed by atoms with E-state index >= 15 is 0 Å². The average Bonchev–Trinajstić information content (AvgIpc) is 2.77. The second-order valence-corrected chi connectivity index (χ2v) is 4.26. The van der Waals surface area contributed by atoms with E-state index in [0.717, 1.165) is 12.1 Å². The standard InChI is InChI=1S/C12H15N3O2/c13-9-4-1-3-8(7-9)12(17)15-6-2-5-10(15)11(14)16/h1,3-4,7,10H,2,5-6,13H2,(H2,14,16)/p+1/t10-/m1/s1. The fourth-order valence-corrected chi connectivity index (χ4v) is 2.18. The highest BCUT2D eigenvalue weighted by atomic mass is 16.2. The van der Waals surface area contributed by atoms with Crippen LogP contribution in [0.15, 0.2) is 24.3 Å². The van der Waals surface area contributed by atoms with Gasteiger partial charge in [0.05, 0.1) is 0 Å². The highest BCUT2D eigenvalue weighted by Crippen LogP contribution is 2.20. The van der Waals surface area contributed by atoms with E-state index in [1.54, 1.807) is 23.1 Å². The Balaban J connectivity index is 2.23.